The van der Waals surface area contributed by atoms with Crippen LogP contribution in [0, 0.1) is 0 Å². The van der Waals surface area contributed by atoms with Crippen LogP contribution in [0.4, 0.5) is 5.13 Å². The molecule has 0 spiro atoms. The van der Waals surface area contributed by atoms with Gasteiger partial charge in [0.05, 0.1) is 23.1 Å². The van der Waals surface area contributed by atoms with Crippen LogP contribution in [0.1, 0.15) is 0 Å². The summed E-state index contributed by atoms with van der Waals surface area (Å²) in [5, 5.41) is 3.48. The average molecular weight is 412 g/mol. The summed E-state index contributed by atoms with van der Waals surface area (Å²) in [5.74, 6) is -0.189. The van der Waals surface area contributed by atoms with Crippen molar-refractivity contribution >= 4 is 33.5 Å². The molecule has 2 aromatic carbocycles. The van der Waals surface area contributed by atoms with Gasteiger partial charge in [-0.15, -0.1) is 0 Å². The topological polar surface area (TPSA) is 85.6 Å². The number of imidazole rings is 1. The Morgan fingerprint density at radius 1 is 0.967 bits per heavy atom. The molecule has 7 nitrogen and oxygen atoms in total. The third kappa shape index (κ3) is 3.56. The Morgan fingerprint density at radius 2 is 1.70 bits per heavy atom. The number of carbonyl (C=O) groups excluding carboxylic acids is 1. The number of nitrogens with zero attached hydrogens (tertiary/aromatic N) is 5. The number of carbonyl (C=O) groups is 1. The molecule has 0 aliphatic carbocycles. The number of nitrogens with one attached hydrogen (secondary N) is 1. The van der Waals surface area contributed by atoms with E-state index in [9.17, 15) is 4.79 Å². The lowest BCUT2D eigenvalue weighted by molar-refractivity contribution is -0.116. The molecule has 5 rings (SSSR count). The second-order valence-corrected chi connectivity index (χ2v) is 7.58. The van der Waals surface area contributed by atoms with Crippen molar-refractivity contribution in [3.8, 4) is 21.7 Å². The van der Waals surface area contributed by atoms with Crippen LogP contribution in [0.25, 0.3) is 32.9 Å². The van der Waals surface area contributed by atoms with Crippen LogP contribution < -0.4 is 5.32 Å². The van der Waals surface area contributed by atoms with Gasteiger partial charge in [-0.05, 0) is 5.56 Å². The Labute approximate surface area is 176 Å². The van der Waals surface area contributed by atoms with Gasteiger partial charge >= 0.3 is 0 Å². The van der Waals surface area contributed by atoms with E-state index < -0.39 is 0 Å². The molecule has 3 aromatic heterocycles. The van der Waals surface area contributed by atoms with Gasteiger partial charge in [0.25, 0.3) is 0 Å². The number of fused-ring (bicyclic) bond motifs is 1. The first-order chi connectivity index (χ1) is 14.8. The van der Waals surface area contributed by atoms with E-state index in [1.54, 1.807) is 17.1 Å². The van der Waals surface area contributed by atoms with Crippen LogP contribution in [0.5, 0.6) is 0 Å². The monoisotopic (exact) mass is 412 g/mol. The fourth-order valence-corrected chi connectivity index (χ4v) is 4.20. The fourth-order valence-electron chi connectivity index (χ4n) is 3.19. The zero-order valence-electron chi connectivity index (χ0n) is 15.8. The van der Waals surface area contributed by atoms with Crippen molar-refractivity contribution in [3.63, 3.8) is 0 Å². The van der Waals surface area contributed by atoms with Gasteiger partial charge in [0.2, 0.25) is 5.91 Å². The largest absolute Gasteiger partial charge is 0.318 e. The van der Waals surface area contributed by atoms with Gasteiger partial charge < -0.3 is 9.88 Å². The van der Waals surface area contributed by atoms with Crippen LogP contribution in [-0.2, 0) is 11.3 Å². The second-order valence-electron chi connectivity index (χ2n) is 6.58. The minimum absolute atomic E-state index is 0.102. The molecule has 0 aliphatic rings. The third-order valence-electron chi connectivity index (χ3n) is 4.57. The number of amides is 1. The van der Waals surface area contributed by atoms with Gasteiger partial charge in [-0.3, -0.25) is 4.79 Å². The summed E-state index contributed by atoms with van der Waals surface area (Å²) < 4.78 is 1.72. The molecule has 0 atom stereocenters. The zero-order valence-corrected chi connectivity index (χ0v) is 16.6. The second kappa shape index (κ2) is 7.84. The molecule has 0 unspecified atom stereocenters. The molecule has 146 valence electrons. The quantitative estimate of drug-likeness (QED) is 0.466. The van der Waals surface area contributed by atoms with Crippen molar-refractivity contribution in [2.75, 3.05) is 5.32 Å². The Morgan fingerprint density at radius 3 is 2.47 bits per heavy atom. The normalized spacial score (nSPS) is 10.9. The van der Waals surface area contributed by atoms with Crippen LogP contribution >= 0.6 is 11.3 Å². The van der Waals surface area contributed by atoms with Gasteiger partial charge in [0, 0.05) is 5.56 Å². The van der Waals surface area contributed by atoms with Crippen LogP contribution in [0.3, 0.4) is 0 Å². The Hall–Kier alpha value is -3.91. The number of benzene rings is 2. The Kier molecular flexibility index (Phi) is 4.74. The van der Waals surface area contributed by atoms with E-state index in [-0.39, 0.29) is 12.5 Å². The van der Waals surface area contributed by atoms with E-state index in [0.29, 0.717) is 16.3 Å². The summed E-state index contributed by atoms with van der Waals surface area (Å²) in [6.07, 6.45) is 4.67. The number of thiazole rings is 1. The van der Waals surface area contributed by atoms with Crippen molar-refractivity contribution in [2.24, 2.45) is 0 Å². The maximum atomic E-state index is 12.7. The van der Waals surface area contributed by atoms with Crippen LogP contribution in [0.2, 0.25) is 0 Å². The highest BCUT2D eigenvalue weighted by atomic mass is 32.1. The van der Waals surface area contributed by atoms with Crippen LogP contribution in [0.15, 0.2) is 79.5 Å². The van der Waals surface area contributed by atoms with Crippen molar-refractivity contribution < 1.29 is 4.79 Å². The predicted molar refractivity (Wildman–Crippen MR) is 117 cm³/mol. The number of hydrogen-bond acceptors (Lipinski definition) is 6. The highest BCUT2D eigenvalue weighted by molar-refractivity contribution is 7.19. The van der Waals surface area contributed by atoms with Crippen molar-refractivity contribution in [3.05, 3.63) is 79.5 Å². The molecule has 0 radical (unpaired) electrons. The zero-order chi connectivity index (χ0) is 20.3. The lowest BCUT2D eigenvalue weighted by Crippen LogP contribution is -2.18. The molecule has 0 saturated heterocycles. The van der Waals surface area contributed by atoms with E-state index >= 15 is 0 Å². The average Bonchev–Trinajstić information content (AvgIpc) is 3.40. The Bertz CT molecular complexity index is 1260. The van der Waals surface area contributed by atoms with Gasteiger partial charge in [0.1, 0.15) is 18.4 Å². The first-order valence-corrected chi connectivity index (χ1v) is 10.1. The molecule has 1 N–H and O–H groups in total. The van der Waals surface area contributed by atoms with E-state index in [1.165, 1.54) is 17.7 Å². The number of rotatable bonds is 5. The fraction of sp³-hybridized carbons (Fsp3) is 0.0455. The summed E-state index contributed by atoms with van der Waals surface area (Å²) in [7, 11) is 0. The molecule has 0 saturated carbocycles. The van der Waals surface area contributed by atoms with Gasteiger partial charge in [-0.25, -0.2) is 19.9 Å². The van der Waals surface area contributed by atoms with Crippen molar-refractivity contribution in [1.29, 1.82) is 0 Å². The van der Waals surface area contributed by atoms with E-state index in [0.717, 1.165) is 21.7 Å². The summed E-state index contributed by atoms with van der Waals surface area (Å²) in [6, 6.07) is 20.0. The highest BCUT2D eigenvalue weighted by Crippen LogP contribution is 2.38. The first kappa shape index (κ1) is 18.1. The molecule has 5 aromatic rings. The van der Waals surface area contributed by atoms with Gasteiger partial charge in [-0.1, -0.05) is 72.0 Å². The molecule has 0 fully saturated rings. The van der Waals surface area contributed by atoms with Crippen molar-refractivity contribution in [2.45, 2.75) is 6.54 Å². The van der Waals surface area contributed by atoms with E-state index in [4.69, 9.17) is 4.98 Å². The summed E-state index contributed by atoms with van der Waals surface area (Å²) in [5.41, 5.74) is 4.19. The first-order valence-electron chi connectivity index (χ1n) is 9.30. The summed E-state index contributed by atoms with van der Waals surface area (Å²) in [6.45, 7) is 0.102. The predicted octanol–water partition coefficient (Wildman–Crippen LogP) is 4.26. The molecule has 30 heavy (non-hydrogen) atoms. The standard InChI is InChI=1S/C22H16N6OS/c29-18(12-28-14-25-21-17(28)11-23-13-24-21)26-22-27-19(15-7-3-1-4-8-15)20(30-22)16-9-5-2-6-10-16/h1-11,13-14H,12H2,(H,26,27,29). The van der Waals surface area contributed by atoms with Gasteiger partial charge in [0.15, 0.2) is 10.8 Å². The lowest BCUT2D eigenvalue weighted by atomic mass is 10.1. The minimum atomic E-state index is -0.189. The SMILES string of the molecule is O=C(Cn1cnc2ncncc21)Nc1nc(-c2ccccc2)c(-c2ccccc2)s1. The third-order valence-corrected chi connectivity index (χ3v) is 5.59. The van der Waals surface area contributed by atoms with Gasteiger partial charge in [-0.2, -0.15) is 0 Å². The molecule has 3 heterocycles. The molecule has 8 heteroatoms. The number of anilines is 1. The molecule has 1 amide bonds. The molecular weight excluding hydrogens is 396 g/mol. The Balaban J connectivity index is 1.44. The van der Waals surface area contributed by atoms with Crippen LogP contribution in [-0.4, -0.2) is 30.4 Å². The number of hydrogen-bond donors (Lipinski definition) is 1. The minimum Gasteiger partial charge on any atom is -0.318 e. The molecule has 0 bridgehead atoms. The van der Waals surface area contributed by atoms with E-state index in [1.807, 2.05) is 60.7 Å². The van der Waals surface area contributed by atoms with E-state index in [2.05, 4.69) is 20.3 Å². The smallest absolute Gasteiger partial charge is 0.246 e. The highest BCUT2D eigenvalue weighted by Gasteiger charge is 2.17. The number of aromatic nitrogens is 5. The lowest BCUT2D eigenvalue weighted by Gasteiger charge is -2.03. The summed E-state index contributed by atoms with van der Waals surface area (Å²) in [4.78, 5) is 30.7. The maximum Gasteiger partial charge on any atom is 0.246 e. The molecular formula is C22H16N6OS. The molecule has 0 aliphatic heterocycles. The maximum absolute atomic E-state index is 12.7. The summed E-state index contributed by atoms with van der Waals surface area (Å²) >= 11 is 1.46. The van der Waals surface area contributed by atoms with Crippen molar-refractivity contribution in [1.82, 2.24) is 24.5 Å².